The van der Waals surface area contributed by atoms with Crippen LogP contribution in [0.4, 0.5) is 30.2 Å². The van der Waals surface area contributed by atoms with Gasteiger partial charge in [0.1, 0.15) is 0 Å². The van der Waals surface area contributed by atoms with E-state index in [4.69, 9.17) is 0 Å². The first-order valence-corrected chi connectivity index (χ1v) is 15.8. The molecule has 0 fully saturated rings. The van der Waals surface area contributed by atoms with E-state index in [1.165, 1.54) is 35.2 Å². The molecule has 13 heteroatoms. The minimum absolute atomic E-state index is 0.0367. The summed E-state index contributed by atoms with van der Waals surface area (Å²) in [5.41, 5.74) is 1.20. The number of amides is 3. The Morgan fingerprint density at radius 2 is 1.42 bits per heavy atom. The summed E-state index contributed by atoms with van der Waals surface area (Å²) in [6.45, 7) is 0. The maximum Gasteiger partial charge on any atom is 0.416 e. The summed E-state index contributed by atoms with van der Waals surface area (Å²) in [7, 11) is 0. The Kier molecular flexibility index (Phi) is 9.53. The van der Waals surface area contributed by atoms with Gasteiger partial charge in [-0.05, 0) is 47.9 Å². The van der Waals surface area contributed by atoms with Crippen molar-refractivity contribution in [2.75, 3.05) is 33.2 Å². The molecular weight excluding hydrogens is 618 g/mol. The summed E-state index contributed by atoms with van der Waals surface area (Å²) in [6.07, 6.45) is -4.50. The summed E-state index contributed by atoms with van der Waals surface area (Å²) in [4.78, 5) is 41.7. The normalized spacial score (nSPS) is 11.4. The number of hydrogen-bond donors (Lipinski definition) is 3. The van der Waals surface area contributed by atoms with E-state index in [1.807, 2.05) is 42.5 Å². The molecule has 4 aromatic carbocycles. The Morgan fingerprint density at radius 3 is 2.21 bits per heavy atom. The van der Waals surface area contributed by atoms with Crippen LogP contribution in [0.1, 0.15) is 5.56 Å². The first-order valence-electron chi connectivity index (χ1n) is 12.8. The fourth-order valence-corrected chi connectivity index (χ4v) is 6.62. The second-order valence-corrected chi connectivity index (χ2v) is 12.4. The number of hydrogen-bond acceptors (Lipinski definition) is 7. The van der Waals surface area contributed by atoms with Crippen molar-refractivity contribution in [2.45, 2.75) is 10.5 Å². The molecule has 0 saturated carbocycles. The van der Waals surface area contributed by atoms with Gasteiger partial charge in [0, 0.05) is 22.4 Å². The number of carbonyl (C=O) groups excluding carboxylic acids is 3. The van der Waals surface area contributed by atoms with Crippen molar-refractivity contribution >= 4 is 90.6 Å². The van der Waals surface area contributed by atoms with E-state index >= 15 is 0 Å². The Labute approximate surface area is 256 Å². The molecule has 0 spiro atoms. The Morgan fingerprint density at radius 1 is 0.744 bits per heavy atom. The van der Waals surface area contributed by atoms with Gasteiger partial charge in [-0.25, -0.2) is 4.98 Å². The molecule has 0 aliphatic rings. The van der Waals surface area contributed by atoms with Crippen molar-refractivity contribution in [1.82, 2.24) is 4.98 Å². The molecule has 7 nitrogen and oxygen atoms in total. The highest BCUT2D eigenvalue weighted by molar-refractivity contribution is 8.01. The fourth-order valence-electron chi connectivity index (χ4n) is 4.09. The highest BCUT2D eigenvalue weighted by Gasteiger charge is 2.30. The molecule has 0 aliphatic heterocycles. The van der Waals surface area contributed by atoms with E-state index in [0.717, 1.165) is 45.1 Å². The van der Waals surface area contributed by atoms with Gasteiger partial charge in [-0.3, -0.25) is 14.4 Å². The van der Waals surface area contributed by atoms with E-state index in [1.54, 1.807) is 18.2 Å². The van der Waals surface area contributed by atoms with Crippen LogP contribution in [-0.2, 0) is 20.6 Å². The van der Waals surface area contributed by atoms with E-state index < -0.39 is 17.6 Å². The molecule has 0 atom stereocenters. The van der Waals surface area contributed by atoms with Crippen molar-refractivity contribution in [3.63, 3.8) is 0 Å². The van der Waals surface area contributed by atoms with Gasteiger partial charge in [0.2, 0.25) is 17.7 Å². The van der Waals surface area contributed by atoms with Crippen LogP contribution < -0.4 is 16.0 Å². The predicted molar refractivity (Wildman–Crippen MR) is 169 cm³/mol. The Hall–Kier alpha value is -4.07. The summed E-state index contributed by atoms with van der Waals surface area (Å²) in [5, 5.41) is 10.2. The van der Waals surface area contributed by atoms with E-state index in [0.29, 0.717) is 15.5 Å². The number of thiazole rings is 1. The van der Waals surface area contributed by atoms with Crippen molar-refractivity contribution in [3.05, 3.63) is 90.5 Å². The Balaban J connectivity index is 1.08. The lowest BCUT2D eigenvalue weighted by Crippen LogP contribution is -2.18. The van der Waals surface area contributed by atoms with Crippen molar-refractivity contribution in [3.8, 4) is 0 Å². The molecule has 0 radical (unpaired) electrons. The minimum Gasteiger partial charge on any atom is -0.325 e. The molecule has 1 aromatic heterocycles. The van der Waals surface area contributed by atoms with Gasteiger partial charge in [-0.15, -0.1) is 23.1 Å². The number of nitrogens with zero attached hydrogens (tertiary/aromatic N) is 1. The first kappa shape index (κ1) is 30.4. The zero-order valence-electron chi connectivity index (χ0n) is 22.2. The molecule has 3 N–H and O–H groups in total. The van der Waals surface area contributed by atoms with Crippen LogP contribution in [0.15, 0.2) is 89.3 Å². The smallest absolute Gasteiger partial charge is 0.325 e. The molecule has 5 rings (SSSR count). The molecule has 43 heavy (non-hydrogen) atoms. The topological polar surface area (TPSA) is 100 Å². The monoisotopic (exact) mass is 640 g/mol. The standard InChI is InChI=1S/C30H23F3N4O3S3/c31-30(32,33)19-7-4-8-20(13-19)34-28(40)17-42-29-37-24-12-11-21(14-25(24)43-29)35-26(38)15-41-16-27(39)36-23-10-3-6-18-5-1-2-9-22(18)23/h1-14H,15-17H2,(H,34,40)(H,35,38)(H,36,39). The SMILES string of the molecule is O=C(CSCC(=O)Nc1cccc2ccccc12)Nc1ccc2nc(SCC(=O)Nc3cccc(C(F)(F)F)c3)sc2c1. The molecule has 0 aliphatic carbocycles. The number of rotatable bonds is 10. The molecule has 220 valence electrons. The summed E-state index contributed by atoms with van der Waals surface area (Å²) in [6, 6.07) is 23.1. The number of fused-ring (bicyclic) bond motifs is 2. The molecular formula is C30H23F3N4O3S3. The molecule has 3 amide bonds. The summed E-state index contributed by atoms with van der Waals surface area (Å²) < 4.78 is 40.1. The highest BCUT2D eigenvalue weighted by atomic mass is 32.2. The lowest BCUT2D eigenvalue weighted by molar-refractivity contribution is -0.137. The summed E-state index contributed by atoms with van der Waals surface area (Å²) >= 11 is 3.69. The van der Waals surface area contributed by atoms with Gasteiger partial charge in [0.05, 0.1) is 33.0 Å². The largest absolute Gasteiger partial charge is 0.416 e. The average molecular weight is 641 g/mol. The van der Waals surface area contributed by atoms with Crippen LogP contribution >= 0.6 is 34.9 Å². The van der Waals surface area contributed by atoms with Gasteiger partial charge < -0.3 is 16.0 Å². The lowest BCUT2D eigenvalue weighted by atomic mass is 10.1. The van der Waals surface area contributed by atoms with Crippen molar-refractivity contribution in [2.24, 2.45) is 0 Å². The van der Waals surface area contributed by atoms with E-state index in [9.17, 15) is 27.6 Å². The quantitative estimate of drug-likeness (QED) is 0.137. The van der Waals surface area contributed by atoms with Crippen molar-refractivity contribution < 1.29 is 27.6 Å². The van der Waals surface area contributed by atoms with Gasteiger partial charge in [-0.2, -0.15) is 13.2 Å². The molecule has 0 saturated heterocycles. The summed E-state index contributed by atoms with van der Waals surface area (Å²) in [5.74, 6) is -0.746. The minimum atomic E-state index is -4.50. The maximum atomic E-state index is 12.9. The van der Waals surface area contributed by atoms with Gasteiger partial charge in [0.25, 0.3) is 0 Å². The van der Waals surface area contributed by atoms with Gasteiger partial charge in [0.15, 0.2) is 4.34 Å². The number of thioether (sulfide) groups is 2. The zero-order chi connectivity index (χ0) is 30.4. The zero-order valence-corrected chi connectivity index (χ0v) is 24.7. The number of nitrogens with one attached hydrogen (secondary N) is 3. The second-order valence-electron chi connectivity index (χ2n) is 9.19. The number of anilines is 3. The molecule has 5 aromatic rings. The second kappa shape index (κ2) is 13.5. The van der Waals surface area contributed by atoms with Gasteiger partial charge >= 0.3 is 6.18 Å². The number of benzene rings is 4. The van der Waals surface area contributed by atoms with Crippen LogP contribution in [0.5, 0.6) is 0 Å². The van der Waals surface area contributed by atoms with E-state index in [-0.39, 0.29) is 34.8 Å². The third kappa shape index (κ3) is 8.27. The Bertz CT molecular complexity index is 1800. The van der Waals surface area contributed by atoms with Crippen LogP contribution in [0.2, 0.25) is 0 Å². The molecule has 0 unspecified atom stereocenters. The first-order chi connectivity index (χ1) is 20.6. The number of carbonyl (C=O) groups is 3. The fraction of sp³-hybridized carbons (Fsp3) is 0.133. The third-order valence-corrected chi connectivity index (χ3v) is 9.08. The highest BCUT2D eigenvalue weighted by Crippen LogP contribution is 2.33. The van der Waals surface area contributed by atoms with Crippen LogP contribution in [-0.4, -0.2) is 40.0 Å². The molecule has 0 bridgehead atoms. The van der Waals surface area contributed by atoms with Crippen molar-refractivity contribution in [1.29, 1.82) is 0 Å². The van der Waals surface area contributed by atoms with Crippen LogP contribution in [0.25, 0.3) is 21.0 Å². The number of alkyl halides is 3. The van der Waals surface area contributed by atoms with Gasteiger partial charge in [-0.1, -0.05) is 54.2 Å². The average Bonchev–Trinajstić information content (AvgIpc) is 3.38. The predicted octanol–water partition coefficient (Wildman–Crippen LogP) is 7.51. The number of aromatic nitrogens is 1. The molecule has 1 heterocycles. The van der Waals surface area contributed by atoms with E-state index in [2.05, 4.69) is 20.9 Å². The lowest BCUT2D eigenvalue weighted by Gasteiger charge is -2.09. The van der Waals surface area contributed by atoms with Crippen LogP contribution in [0.3, 0.4) is 0 Å². The maximum absolute atomic E-state index is 12.9. The third-order valence-electron chi connectivity index (χ3n) is 5.98. The van der Waals surface area contributed by atoms with Crippen LogP contribution in [0, 0.1) is 0 Å². The number of halogens is 3.